The Morgan fingerprint density at radius 2 is 1.58 bits per heavy atom. The highest BCUT2D eigenvalue weighted by Crippen LogP contribution is 2.31. The minimum absolute atomic E-state index is 0.199. The molecule has 6 nitrogen and oxygen atoms in total. The second-order valence-corrected chi connectivity index (χ2v) is 7.77. The lowest BCUT2D eigenvalue weighted by Gasteiger charge is -2.11. The second-order valence-electron chi connectivity index (χ2n) is 7.77. The Labute approximate surface area is 206 Å². The molecule has 0 saturated carbocycles. The molecule has 0 amide bonds. The molecule has 0 fully saturated rings. The van der Waals surface area contributed by atoms with Crippen LogP contribution < -0.4 is 19.8 Å². The number of hydrogen-bond donors (Lipinski definition) is 0. The third-order valence-electron chi connectivity index (χ3n) is 5.54. The van der Waals surface area contributed by atoms with Crippen molar-refractivity contribution in [2.75, 3.05) is 21.3 Å². The van der Waals surface area contributed by atoms with E-state index in [1.165, 1.54) is 37.5 Å². The Morgan fingerprint density at radius 1 is 0.833 bits per heavy atom. The standard InChI is InChI=1S/C29H23FO6/c1-33-22-9-5-18(6-10-22)4-7-19-15-23(34-2)17-28(35-3)24(19)11-12-26(31)25-16-20-14-21(30)8-13-27(20)36-29(25)32/h4-17H,1-3H3/b7-4?,12-11+. The van der Waals surface area contributed by atoms with E-state index >= 15 is 0 Å². The van der Waals surface area contributed by atoms with Crippen LogP contribution in [0.4, 0.5) is 4.39 Å². The lowest BCUT2D eigenvalue weighted by Crippen LogP contribution is -2.12. The fourth-order valence-electron chi connectivity index (χ4n) is 3.64. The fraction of sp³-hybridized carbons (Fsp3) is 0.103. The van der Waals surface area contributed by atoms with Crippen molar-refractivity contribution in [2.45, 2.75) is 0 Å². The maximum absolute atomic E-state index is 13.6. The van der Waals surface area contributed by atoms with Crippen LogP contribution in [0, 0.1) is 5.82 Å². The minimum atomic E-state index is -0.801. The Hall–Kier alpha value is -4.65. The molecule has 182 valence electrons. The van der Waals surface area contributed by atoms with Gasteiger partial charge in [0.15, 0.2) is 5.78 Å². The van der Waals surface area contributed by atoms with Crippen molar-refractivity contribution in [1.82, 2.24) is 0 Å². The third kappa shape index (κ3) is 5.36. The topological polar surface area (TPSA) is 75.0 Å². The maximum atomic E-state index is 13.6. The molecule has 0 atom stereocenters. The Bertz CT molecular complexity index is 1530. The molecule has 0 unspecified atom stereocenters. The number of ether oxygens (including phenoxy) is 3. The van der Waals surface area contributed by atoms with E-state index in [1.807, 2.05) is 36.4 Å². The Kier molecular flexibility index (Phi) is 7.30. The summed E-state index contributed by atoms with van der Waals surface area (Å²) in [5.74, 6) is 0.708. The first-order valence-electron chi connectivity index (χ1n) is 11.0. The average molecular weight is 486 g/mol. The van der Waals surface area contributed by atoms with Gasteiger partial charge in [0.05, 0.1) is 21.3 Å². The van der Waals surface area contributed by atoms with Crippen molar-refractivity contribution < 1.29 is 27.8 Å². The number of fused-ring (bicyclic) bond motifs is 1. The van der Waals surface area contributed by atoms with E-state index in [9.17, 15) is 14.0 Å². The van der Waals surface area contributed by atoms with Gasteiger partial charge in [-0.25, -0.2) is 9.18 Å². The number of carbonyl (C=O) groups is 1. The predicted molar refractivity (Wildman–Crippen MR) is 137 cm³/mol. The molecule has 0 aliphatic heterocycles. The van der Waals surface area contributed by atoms with Crippen molar-refractivity contribution in [2.24, 2.45) is 0 Å². The van der Waals surface area contributed by atoms with Gasteiger partial charge in [0.2, 0.25) is 0 Å². The summed E-state index contributed by atoms with van der Waals surface area (Å²) in [4.78, 5) is 25.3. The van der Waals surface area contributed by atoms with Crippen LogP contribution >= 0.6 is 0 Å². The van der Waals surface area contributed by atoms with Crippen LogP contribution in [0.15, 0.2) is 76.0 Å². The van der Waals surface area contributed by atoms with Crippen LogP contribution in [0.2, 0.25) is 0 Å². The Balaban J connectivity index is 1.72. The molecule has 0 bridgehead atoms. The molecule has 3 aromatic carbocycles. The molecule has 4 rings (SSSR count). The zero-order valence-electron chi connectivity index (χ0n) is 19.9. The van der Waals surface area contributed by atoms with Crippen LogP contribution in [-0.4, -0.2) is 27.1 Å². The normalized spacial score (nSPS) is 11.3. The summed E-state index contributed by atoms with van der Waals surface area (Å²) in [5.41, 5.74) is 1.46. The van der Waals surface area contributed by atoms with Gasteiger partial charge >= 0.3 is 5.63 Å². The summed E-state index contributed by atoms with van der Waals surface area (Å²) in [5, 5.41) is 0.316. The molecule has 0 spiro atoms. The van der Waals surface area contributed by atoms with Crippen molar-refractivity contribution in [3.05, 3.63) is 105 Å². The molecule has 0 saturated heterocycles. The van der Waals surface area contributed by atoms with Gasteiger partial charge < -0.3 is 18.6 Å². The van der Waals surface area contributed by atoms with Gasteiger partial charge in [-0.1, -0.05) is 24.3 Å². The third-order valence-corrected chi connectivity index (χ3v) is 5.54. The van der Waals surface area contributed by atoms with Crippen molar-refractivity contribution in [1.29, 1.82) is 0 Å². The number of ketones is 1. The van der Waals surface area contributed by atoms with Crippen LogP contribution in [-0.2, 0) is 0 Å². The monoisotopic (exact) mass is 486 g/mol. The molecule has 0 aliphatic carbocycles. The van der Waals surface area contributed by atoms with E-state index in [4.69, 9.17) is 18.6 Å². The molecule has 0 aliphatic rings. The first-order valence-corrected chi connectivity index (χ1v) is 11.0. The summed E-state index contributed by atoms with van der Waals surface area (Å²) < 4.78 is 34.9. The number of hydrogen-bond acceptors (Lipinski definition) is 6. The molecule has 4 aromatic rings. The lowest BCUT2D eigenvalue weighted by molar-refractivity contribution is 0.104. The highest BCUT2D eigenvalue weighted by Gasteiger charge is 2.14. The molecule has 7 heteroatoms. The second kappa shape index (κ2) is 10.7. The highest BCUT2D eigenvalue weighted by molar-refractivity contribution is 6.08. The smallest absolute Gasteiger partial charge is 0.347 e. The van der Waals surface area contributed by atoms with Gasteiger partial charge in [-0.05, 0) is 65.7 Å². The van der Waals surface area contributed by atoms with E-state index in [0.29, 0.717) is 22.4 Å². The van der Waals surface area contributed by atoms with E-state index in [0.717, 1.165) is 16.9 Å². The molecule has 1 aromatic heterocycles. The molecular weight excluding hydrogens is 463 g/mol. The lowest BCUT2D eigenvalue weighted by atomic mass is 10.0. The first-order chi connectivity index (χ1) is 17.4. The van der Waals surface area contributed by atoms with Crippen molar-refractivity contribution >= 4 is 35.0 Å². The van der Waals surface area contributed by atoms with Gasteiger partial charge in [-0.2, -0.15) is 0 Å². The van der Waals surface area contributed by atoms with E-state index in [2.05, 4.69) is 0 Å². The van der Waals surface area contributed by atoms with Gasteiger partial charge in [0.1, 0.15) is 34.2 Å². The van der Waals surface area contributed by atoms with Gasteiger partial charge in [-0.15, -0.1) is 0 Å². The zero-order chi connectivity index (χ0) is 25.7. The van der Waals surface area contributed by atoms with E-state index in [-0.39, 0.29) is 11.1 Å². The van der Waals surface area contributed by atoms with Crippen LogP contribution in [0.1, 0.15) is 27.0 Å². The van der Waals surface area contributed by atoms with Gasteiger partial charge in [0, 0.05) is 17.0 Å². The summed E-state index contributed by atoms with van der Waals surface area (Å²) in [6.07, 6.45) is 6.58. The number of halogens is 1. The Morgan fingerprint density at radius 3 is 2.28 bits per heavy atom. The number of benzene rings is 3. The summed E-state index contributed by atoms with van der Waals surface area (Å²) in [7, 11) is 4.66. The number of carbonyl (C=O) groups excluding carboxylic acids is 1. The average Bonchev–Trinajstić information content (AvgIpc) is 2.90. The highest BCUT2D eigenvalue weighted by atomic mass is 19.1. The zero-order valence-corrected chi connectivity index (χ0v) is 19.9. The predicted octanol–water partition coefficient (Wildman–Crippen LogP) is 6.02. The molecule has 0 radical (unpaired) electrons. The van der Waals surface area contributed by atoms with Crippen LogP contribution in [0.3, 0.4) is 0 Å². The van der Waals surface area contributed by atoms with E-state index in [1.54, 1.807) is 32.4 Å². The summed E-state index contributed by atoms with van der Waals surface area (Å²) in [6, 6.07) is 16.1. The summed E-state index contributed by atoms with van der Waals surface area (Å²) in [6.45, 7) is 0. The fourth-order valence-corrected chi connectivity index (χ4v) is 3.64. The molecule has 36 heavy (non-hydrogen) atoms. The van der Waals surface area contributed by atoms with E-state index < -0.39 is 17.2 Å². The van der Waals surface area contributed by atoms with Gasteiger partial charge in [-0.3, -0.25) is 4.79 Å². The van der Waals surface area contributed by atoms with Crippen LogP contribution in [0.5, 0.6) is 17.2 Å². The quantitative estimate of drug-likeness (QED) is 0.131. The van der Waals surface area contributed by atoms with Gasteiger partial charge in [0.25, 0.3) is 0 Å². The minimum Gasteiger partial charge on any atom is -0.497 e. The van der Waals surface area contributed by atoms with Crippen molar-refractivity contribution in [3.63, 3.8) is 0 Å². The number of allylic oxidation sites excluding steroid dienone is 1. The van der Waals surface area contributed by atoms with Crippen molar-refractivity contribution in [3.8, 4) is 17.2 Å². The van der Waals surface area contributed by atoms with Crippen LogP contribution in [0.25, 0.3) is 29.2 Å². The number of rotatable bonds is 8. The maximum Gasteiger partial charge on any atom is 0.347 e. The molecule has 1 heterocycles. The molecule has 0 N–H and O–H groups in total. The number of methoxy groups -OCH3 is 3. The SMILES string of the molecule is COc1ccc(C=Cc2cc(OC)cc(OC)c2/C=C/C(=O)c2cc3cc(F)ccc3oc2=O)cc1. The largest absolute Gasteiger partial charge is 0.497 e. The first kappa shape index (κ1) is 24.5. The molecular formula is C29H23FO6. The summed E-state index contributed by atoms with van der Waals surface area (Å²) >= 11 is 0.